The highest BCUT2D eigenvalue weighted by Crippen LogP contribution is 2.27. The summed E-state index contributed by atoms with van der Waals surface area (Å²) in [5, 5.41) is 16.8. The molecule has 0 aromatic heterocycles. The fourth-order valence-electron chi connectivity index (χ4n) is 0.958. The summed E-state index contributed by atoms with van der Waals surface area (Å²) >= 11 is 0. The van der Waals surface area contributed by atoms with Crippen LogP contribution >= 0.6 is 0 Å². The van der Waals surface area contributed by atoms with E-state index < -0.39 is 22.1 Å². The van der Waals surface area contributed by atoms with Crippen molar-refractivity contribution in [3.63, 3.8) is 0 Å². The van der Waals surface area contributed by atoms with Gasteiger partial charge in [0.25, 0.3) is 0 Å². The number of carbonyl (C=O) groups is 1. The molecule has 0 aromatic rings. The van der Waals surface area contributed by atoms with E-state index in [1.807, 2.05) is 0 Å². The van der Waals surface area contributed by atoms with E-state index in [0.717, 1.165) is 0 Å². The third-order valence-corrected chi connectivity index (χ3v) is 3.92. The second kappa shape index (κ2) is 4.24. The Labute approximate surface area is 82.0 Å². The van der Waals surface area contributed by atoms with Crippen molar-refractivity contribution in [1.29, 1.82) is 0 Å². The van der Waals surface area contributed by atoms with Crippen molar-refractivity contribution in [3.05, 3.63) is 0 Å². The molecule has 1 saturated carbocycles. The van der Waals surface area contributed by atoms with E-state index in [-0.39, 0.29) is 18.2 Å². The van der Waals surface area contributed by atoms with E-state index in [2.05, 4.69) is 4.72 Å². The summed E-state index contributed by atoms with van der Waals surface area (Å²) in [5.74, 6) is -1.34. The summed E-state index contributed by atoms with van der Waals surface area (Å²) in [7, 11) is -3.26. The van der Waals surface area contributed by atoms with Gasteiger partial charge >= 0.3 is 5.97 Å². The molecule has 7 heteroatoms. The Morgan fingerprint density at radius 1 is 1.50 bits per heavy atom. The Morgan fingerprint density at radius 3 is 2.50 bits per heavy atom. The molecule has 0 radical (unpaired) electrons. The van der Waals surface area contributed by atoms with E-state index >= 15 is 0 Å². The predicted octanol–water partition coefficient (Wildman–Crippen LogP) is -1.10. The second-order valence-corrected chi connectivity index (χ2v) is 5.33. The van der Waals surface area contributed by atoms with Gasteiger partial charge in [0.15, 0.2) is 6.10 Å². The smallest absolute Gasteiger partial charge is 0.332 e. The highest BCUT2D eigenvalue weighted by atomic mass is 32.2. The molecule has 0 aliphatic heterocycles. The molecule has 0 bridgehead atoms. The number of carboxylic acids is 1. The number of aliphatic hydroxyl groups is 1. The van der Waals surface area contributed by atoms with Crippen LogP contribution in [0.25, 0.3) is 0 Å². The minimum atomic E-state index is -3.26. The van der Waals surface area contributed by atoms with E-state index in [9.17, 15) is 13.2 Å². The van der Waals surface area contributed by atoms with Gasteiger partial charge in [0.2, 0.25) is 10.0 Å². The molecule has 1 rings (SSSR count). The van der Waals surface area contributed by atoms with Crippen molar-refractivity contribution >= 4 is 16.0 Å². The van der Waals surface area contributed by atoms with Crippen LogP contribution in [-0.4, -0.2) is 42.5 Å². The van der Waals surface area contributed by atoms with Crippen LogP contribution in [0.5, 0.6) is 0 Å². The molecule has 14 heavy (non-hydrogen) atoms. The van der Waals surface area contributed by atoms with Crippen LogP contribution in [0, 0.1) is 0 Å². The van der Waals surface area contributed by atoms with Crippen LogP contribution in [0.4, 0.5) is 0 Å². The molecule has 0 heterocycles. The summed E-state index contributed by atoms with van der Waals surface area (Å²) in [6, 6.07) is 0. The Morgan fingerprint density at radius 2 is 2.07 bits per heavy atom. The number of aliphatic carboxylic acids is 1. The summed E-state index contributed by atoms with van der Waals surface area (Å²) in [5.41, 5.74) is 0. The zero-order valence-electron chi connectivity index (χ0n) is 7.51. The molecule has 0 amide bonds. The highest BCUT2D eigenvalue weighted by molar-refractivity contribution is 7.90. The minimum absolute atomic E-state index is 0.0354. The van der Waals surface area contributed by atoms with Crippen LogP contribution in [0.2, 0.25) is 0 Å². The Hall–Kier alpha value is -0.660. The molecular formula is C7H13NO5S. The fourth-order valence-corrected chi connectivity index (χ4v) is 2.35. The number of rotatable bonds is 6. The van der Waals surface area contributed by atoms with Gasteiger partial charge in [0, 0.05) is 6.54 Å². The second-order valence-electron chi connectivity index (χ2n) is 3.28. The molecule has 0 saturated heterocycles. The van der Waals surface area contributed by atoms with Gasteiger partial charge in [-0.15, -0.1) is 0 Å². The SMILES string of the molecule is O=C(O)[C@@H](O)CCNS(=O)(=O)C1CC1. The maximum absolute atomic E-state index is 11.2. The normalized spacial score (nSPS) is 19.2. The standard InChI is InChI=1S/C7H13NO5S/c9-6(7(10)11)3-4-8-14(12,13)5-1-2-5/h5-6,8-9H,1-4H2,(H,10,11)/t6-/m0/s1. The van der Waals surface area contributed by atoms with Crippen LogP contribution in [0.15, 0.2) is 0 Å². The lowest BCUT2D eigenvalue weighted by Gasteiger charge is -2.06. The molecule has 1 aliphatic rings. The molecule has 1 aliphatic carbocycles. The third kappa shape index (κ3) is 3.24. The molecular weight excluding hydrogens is 210 g/mol. The Balaban J connectivity index is 2.24. The van der Waals surface area contributed by atoms with Crippen molar-refractivity contribution in [3.8, 4) is 0 Å². The van der Waals surface area contributed by atoms with E-state index in [1.165, 1.54) is 0 Å². The zero-order chi connectivity index (χ0) is 10.8. The quantitative estimate of drug-likeness (QED) is 0.530. The first kappa shape index (κ1) is 11.4. The van der Waals surface area contributed by atoms with E-state index in [0.29, 0.717) is 12.8 Å². The number of nitrogens with one attached hydrogen (secondary N) is 1. The molecule has 1 fully saturated rings. The predicted molar refractivity (Wildman–Crippen MR) is 48.2 cm³/mol. The molecule has 3 N–H and O–H groups in total. The lowest BCUT2D eigenvalue weighted by atomic mass is 10.3. The summed E-state index contributed by atoms with van der Waals surface area (Å²) in [4.78, 5) is 10.2. The van der Waals surface area contributed by atoms with Gasteiger partial charge in [-0.05, 0) is 19.3 Å². The van der Waals surface area contributed by atoms with Gasteiger partial charge in [-0.25, -0.2) is 17.9 Å². The summed E-state index contributed by atoms with van der Waals surface area (Å²) in [6.45, 7) is -0.0354. The van der Waals surface area contributed by atoms with Gasteiger partial charge in [-0.3, -0.25) is 0 Å². The number of hydrogen-bond acceptors (Lipinski definition) is 4. The molecule has 0 aromatic carbocycles. The average molecular weight is 223 g/mol. The highest BCUT2D eigenvalue weighted by Gasteiger charge is 2.35. The fraction of sp³-hybridized carbons (Fsp3) is 0.857. The van der Waals surface area contributed by atoms with Crippen LogP contribution < -0.4 is 4.72 Å². The minimum Gasteiger partial charge on any atom is -0.479 e. The van der Waals surface area contributed by atoms with Gasteiger partial charge in [-0.1, -0.05) is 0 Å². The average Bonchev–Trinajstić information content (AvgIpc) is 2.85. The number of sulfonamides is 1. The number of hydrogen-bond donors (Lipinski definition) is 3. The van der Waals surface area contributed by atoms with Gasteiger partial charge < -0.3 is 10.2 Å². The maximum Gasteiger partial charge on any atom is 0.332 e. The topological polar surface area (TPSA) is 104 Å². The molecule has 0 spiro atoms. The first-order chi connectivity index (χ1) is 6.43. The van der Waals surface area contributed by atoms with Gasteiger partial charge in [-0.2, -0.15) is 0 Å². The first-order valence-corrected chi connectivity index (χ1v) is 5.87. The van der Waals surface area contributed by atoms with Crippen LogP contribution in [-0.2, 0) is 14.8 Å². The summed E-state index contributed by atoms with van der Waals surface area (Å²) < 4.78 is 24.7. The van der Waals surface area contributed by atoms with Crippen molar-refractivity contribution in [2.75, 3.05) is 6.54 Å². The van der Waals surface area contributed by atoms with E-state index in [4.69, 9.17) is 10.2 Å². The first-order valence-electron chi connectivity index (χ1n) is 4.33. The van der Waals surface area contributed by atoms with Crippen molar-refractivity contribution in [1.82, 2.24) is 4.72 Å². The molecule has 82 valence electrons. The Bertz CT molecular complexity index is 308. The Kier molecular flexibility index (Phi) is 3.46. The number of carboxylic acid groups (broad SMARTS) is 1. The van der Waals surface area contributed by atoms with E-state index in [1.54, 1.807) is 0 Å². The largest absolute Gasteiger partial charge is 0.479 e. The molecule has 1 atom stereocenters. The van der Waals surface area contributed by atoms with Gasteiger partial charge in [0.1, 0.15) is 0 Å². The zero-order valence-corrected chi connectivity index (χ0v) is 8.33. The summed E-state index contributed by atoms with van der Waals surface area (Å²) in [6.07, 6.45) is -0.286. The number of aliphatic hydroxyl groups excluding tert-OH is 1. The molecule has 6 nitrogen and oxygen atoms in total. The van der Waals surface area contributed by atoms with Crippen LogP contribution in [0.1, 0.15) is 19.3 Å². The maximum atomic E-state index is 11.2. The van der Waals surface area contributed by atoms with Crippen molar-refractivity contribution in [2.45, 2.75) is 30.6 Å². The lowest BCUT2D eigenvalue weighted by Crippen LogP contribution is -2.32. The van der Waals surface area contributed by atoms with Crippen molar-refractivity contribution < 1.29 is 23.4 Å². The monoisotopic (exact) mass is 223 g/mol. The van der Waals surface area contributed by atoms with Crippen LogP contribution in [0.3, 0.4) is 0 Å². The molecule has 0 unspecified atom stereocenters. The van der Waals surface area contributed by atoms with Crippen molar-refractivity contribution in [2.24, 2.45) is 0 Å². The third-order valence-electron chi connectivity index (χ3n) is 1.97. The lowest BCUT2D eigenvalue weighted by molar-refractivity contribution is -0.146. The van der Waals surface area contributed by atoms with Gasteiger partial charge in [0.05, 0.1) is 5.25 Å².